The molecule has 0 aliphatic rings. The highest BCUT2D eigenvalue weighted by Gasteiger charge is 1.95. The number of hydrogen-bond donors (Lipinski definition) is 2. The minimum absolute atomic E-state index is 0.0384. The van der Waals surface area contributed by atoms with Gasteiger partial charge in [0.2, 0.25) is 0 Å². The molecule has 0 aromatic carbocycles. The Bertz CT molecular complexity index is 149. The average Bonchev–Trinajstić information content (AvgIpc) is 2.22. The van der Waals surface area contributed by atoms with Crippen molar-refractivity contribution in [3.63, 3.8) is 0 Å². The molecule has 0 radical (unpaired) electrons. The van der Waals surface area contributed by atoms with Crippen LogP contribution in [0.5, 0.6) is 0 Å². The van der Waals surface area contributed by atoms with Gasteiger partial charge in [0.25, 0.3) is 0 Å². The molecule has 0 atom stereocenters. The SMILES string of the molecule is CCCCCCCCCNC(=O)NCC. The molecule has 0 aromatic rings. The summed E-state index contributed by atoms with van der Waals surface area (Å²) >= 11 is 0. The van der Waals surface area contributed by atoms with Crippen molar-refractivity contribution in [2.24, 2.45) is 0 Å². The van der Waals surface area contributed by atoms with Gasteiger partial charge in [-0.05, 0) is 13.3 Å². The molecule has 0 saturated heterocycles. The number of hydrogen-bond acceptors (Lipinski definition) is 1. The third kappa shape index (κ3) is 11.2. The number of carbonyl (C=O) groups is 1. The molecule has 0 unspecified atom stereocenters. The van der Waals surface area contributed by atoms with Gasteiger partial charge >= 0.3 is 6.03 Å². The number of rotatable bonds is 9. The van der Waals surface area contributed by atoms with Crippen LogP contribution in [-0.4, -0.2) is 19.1 Å². The van der Waals surface area contributed by atoms with Crippen LogP contribution in [0, 0.1) is 0 Å². The fraction of sp³-hybridized carbons (Fsp3) is 0.917. The van der Waals surface area contributed by atoms with Crippen LogP contribution >= 0.6 is 0 Å². The maximum Gasteiger partial charge on any atom is 0.314 e. The quantitative estimate of drug-likeness (QED) is 0.569. The average molecular weight is 214 g/mol. The van der Waals surface area contributed by atoms with Crippen molar-refractivity contribution in [1.29, 1.82) is 0 Å². The largest absolute Gasteiger partial charge is 0.338 e. The van der Waals surface area contributed by atoms with Gasteiger partial charge < -0.3 is 10.6 Å². The zero-order valence-corrected chi connectivity index (χ0v) is 10.3. The molecule has 0 spiro atoms. The topological polar surface area (TPSA) is 41.1 Å². The van der Waals surface area contributed by atoms with Gasteiger partial charge in [-0.15, -0.1) is 0 Å². The standard InChI is InChI=1S/C12H26N2O/c1-3-5-6-7-8-9-10-11-14-12(15)13-4-2/h3-11H2,1-2H3,(H2,13,14,15). The predicted octanol–water partition coefficient (Wildman–Crippen LogP) is 3.06. The summed E-state index contributed by atoms with van der Waals surface area (Å²) < 4.78 is 0. The Balaban J connectivity index is 3.01. The van der Waals surface area contributed by atoms with Gasteiger partial charge in [0.1, 0.15) is 0 Å². The molecule has 0 fully saturated rings. The maximum absolute atomic E-state index is 11.0. The molecule has 0 saturated carbocycles. The molecule has 0 bridgehead atoms. The second-order valence-corrected chi connectivity index (χ2v) is 3.91. The molecule has 2 amide bonds. The van der Waals surface area contributed by atoms with Crippen LogP contribution in [0.3, 0.4) is 0 Å². The first kappa shape index (κ1) is 14.3. The lowest BCUT2D eigenvalue weighted by Gasteiger charge is -2.05. The molecule has 15 heavy (non-hydrogen) atoms. The molecule has 0 aliphatic heterocycles. The van der Waals surface area contributed by atoms with E-state index in [0.717, 1.165) is 13.0 Å². The van der Waals surface area contributed by atoms with Crippen LogP contribution in [0.15, 0.2) is 0 Å². The highest BCUT2D eigenvalue weighted by Crippen LogP contribution is 2.06. The third-order valence-corrected chi connectivity index (χ3v) is 2.40. The van der Waals surface area contributed by atoms with E-state index in [9.17, 15) is 4.79 Å². The molecule has 3 nitrogen and oxygen atoms in total. The van der Waals surface area contributed by atoms with Crippen LogP contribution in [-0.2, 0) is 0 Å². The molecule has 0 rings (SSSR count). The zero-order chi connectivity index (χ0) is 11.4. The fourth-order valence-electron chi connectivity index (χ4n) is 1.51. The number of carbonyl (C=O) groups excluding carboxylic acids is 1. The Morgan fingerprint density at radius 1 is 0.867 bits per heavy atom. The number of unbranched alkanes of at least 4 members (excludes halogenated alkanes) is 6. The Morgan fingerprint density at radius 2 is 1.47 bits per heavy atom. The van der Waals surface area contributed by atoms with Crippen molar-refractivity contribution in [3.8, 4) is 0 Å². The summed E-state index contributed by atoms with van der Waals surface area (Å²) in [5.41, 5.74) is 0. The summed E-state index contributed by atoms with van der Waals surface area (Å²) in [5, 5.41) is 5.55. The van der Waals surface area contributed by atoms with Gasteiger partial charge in [-0.1, -0.05) is 45.4 Å². The van der Waals surface area contributed by atoms with Crippen LogP contribution in [0.25, 0.3) is 0 Å². The molecule has 90 valence electrons. The summed E-state index contributed by atoms with van der Waals surface area (Å²) in [6.45, 7) is 5.66. The molecule has 0 aliphatic carbocycles. The minimum atomic E-state index is -0.0384. The van der Waals surface area contributed by atoms with Gasteiger partial charge in [0, 0.05) is 13.1 Å². The highest BCUT2D eigenvalue weighted by molar-refractivity contribution is 5.73. The van der Waals surface area contributed by atoms with E-state index in [2.05, 4.69) is 17.6 Å². The second kappa shape index (κ2) is 11.3. The molecule has 3 heteroatoms. The fourth-order valence-corrected chi connectivity index (χ4v) is 1.51. The van der Waals surface area contributed by atoms with Crippen LogP contribution < -0.4 is 10.6 Å². The van der Waals surface area contributed by atoms with E-state index in [-0.39, 0.29) is 6.03 Å². The number of urea groups is 1. The summed E-state index contributed by atoms with van der Waals surface area (Å²) in [6, 6.07) is -0.0384. The summed E-state index contributed by atoms with van der Waals surface area (Å²) in [6.07, 6.45) is 9.00. The van der Waals surface area contributed by atoms with E-state index in [0.29, 0.717) is 6.54 Å². The van der Waals surface area contributed by atoms with Crippen molar-refractivity contribution in [1.82, 2.24) is 10.6 Å². The zero-order valence-electron chi connectivity index (χ0n) is 10.3. The van der Waals surface area contributed by atoms with Gasteiger partial charge in [0.05, 0.1) is 0 Å². The van der Waals surface area contributed by atoms with Crippen LogP contribution in [0.2, 0.25) is 0 Å². The second-order valence-electron chi connectivity index (χ2n) is 3.91. The van der Waals surface area contributed by atoms with E-state index >= 15 is 0 Å². The lowest BCUT2D eigenvalue weighted by Crippen LogP contribution is -2.35. The molecule has 2 N–H and O–H groups in total. The molecule has 0 heterocycles. The highest BCUT2D eigenvalue weighted by atomic mass is 16.2. The lowest BCUT2D eigenvalue weighted by atomic mass is 10.1. The van der Waals surface area contributed by atoms with E-state index in [1.807, 2.05) is 6.92 Å². The van der Waals surface area contributed by atoms with Gasteiger partial charge in [0.15, 0.2) is 0 Å². The Kier molecular flexibility index (Phi) is 10.8. The Labute approximate surface area is 94.0 Å². The van der Waals surface area contributed by atoms with Crippen molar-refractivity contribution < 1.29 is 4.79 Å². The summed E-state index contributed by atoms with van der Waals surface area (Å²) in [5.74, 6) is 0. The normalized spacial score (nSPS) is 10.0. The smallest absolute Gasteiger partial charge is 0.314 e. The van der Waals surface area contributed by atoms with E-state index < -0.39 is 0 Å². The first-order valence-electron chi connectivity index (χ1n) is 6.33. The molecular weight excluding hydrogens is 188 g/mol. The first-order chi connectivity index (χ1) is 7.31. The molecular formula is C12H26N2O. The van der Waals surface area contributed by atoms with E-state index in [1.165, 1.54) is 38.5 Å². The first-order valence-corrected chi connectivity index (χ1v) is 6.33. The number of amides is 2. The maximum atomic E-state index is 11.0. The minimum Gasteiger partial charge on any atom is -0.338 e. The number of nitrogens with one attached hydrogen (secondary N) is 2. The van der Waals surface area contributed by atoms with Crippen molar-refractivity contribution in [2.45, 2.75) is 58.8 Å². The monoisotopic (exact) mass is 214 g/mol. The van der Waals surface area contributed by atoms with Gasteiger partial charge in [-0.25, -0.2) is 4.79 Å². The molecule has 0 aromatic heterocycles. The van der Waals surface area contributed by atoms with Crippen molar-refractivity contribution in [3.05, 3.63) is 0 Å². The van der Waals surface area contributed by atoms with Crippen molar-refractivity contribution >= 4 is 6.03 Å². The summed E-state index contributed by atoms with van der Waals surface area (Å²) in [7, 11) is 0. The predicted molar refractivity (Wildman–Crippen MR) is 65.1 cm³/mol. The van der Waals surface area contributed by atoms with Crippen LogP contribution in [0.1, 0.15) is 58.8 Å². The van der Waals surface area contributed by atoms with Gasteiger partial charge in [-0.2, -0.15) is 0 Å². The Morgan fingerprint density at radius 3 is 2.07 bits per heavy atom. The van der Waals surface area contributed by atoms with Gasteiger partial charge in [-0.3, -0.25) is 0 Å². The van der Waals surface area contributed by atoms with Crippen LogP contribution in [0.4, 0.5) is 4.79 Å². The van der Waals surface area contributed by atoms with E-state index in [1.54, 1.807) is 0 Å². The Hall–Kier alpha value is -0.730. The third-order valence-electron chi connectivity index (χ3n) is 2.40. The van der Waals surface area contributed by atoms with Crippen molar-refractivity contribution in [2.75, 3.05) is 13.1 Å². The van der Waals surface area contributed by atoms with E-state index in [4.69, 9.17) is 0 Å². The summed E-state index contributed by atoms with van der Waals surface area (Å²) in [4.78, 5) is 11.0. The lowest BCUT2D eigenvalue weighted by molar-refractivity contribution is 0.241.